The zero-order chi connectivity index (χ0) is 11.0. The largest absolute Gasteiger partial charge is 0.486 e. The van der Waals surface area contributed by atoms with Crippen LogP contribution in [0.4, 0.5) is 0 Å². The molecule has 86 valence electrons. The Morgan fingerprint density at radius 3 is 2.75 bits per heavy atom. The molecule has 1 saturated heterocycles. The van der Waals surface area contributed by atoms with Gasteiger partial charge in [0.15, 0.2) is 11.5 Å². The molecule has 0 amide bonds. The van der Waals surface area contributed by atoms with E-state index in [4.69, 9.17) is 9.47 Å². The molecule has 1 aromatic carbocycles. The zero-order valence-electron chi connectivity index (χ0n) is 9.00. The van der Waals surface area contributed by atoms with Crippen molar-refractivity contribution in [3.8, 4) is 11.5 Å². The summed E-state index contributed by atoms with van der Waals surface area (Å²) in [5.41, 5.74) is 0. The molecule has 1 N–H and O–H groups in total. The van der Waals surface area contributed by atoms with Crippen molar-refractivity contribution in [2.45, 2.75) is 12.2 Å². The van der Waals surface area contributed by atoms with E-state index in [9.17, 15) is 5.11 Å². The third-order valence-electron chi connectivity index (χ3n) is 2.97. The van der Waals surface area contributed by atoms with E-state index in [1.165, 1.54) is 0 Å². The number of rotatable bonds is 2. The minimum atomic E-state index is -0.156. The molecule has 1 atom stereocenters. The number of nitrogens with zero attached hydrogens (tertiary/aromatic N) is 1. The normalized spacial score (nSPS) is 25.2. The molecule has 1 unspecified atom stereocenters. The maximum absolute atomic E-state index is 9.19. The van der Waals surface area contributed by atoms with Crippen LogP contribution in [-0.2, 0) is 0 Å². The summed E-state index contributed by atoms with van der Waals surface area (Å²) in [4.78, 5) is 2.17. The Balaban J connectivity index is 1.60. The minimum absolute atomic E-state index is 0.0717. The topological polar surface area (TPSA) is 41.9 Å². The van der Waals surface area contributed by atoms with E-state index in [1.807, 2.05) is 24.3 Å². The highest BCUT2D eigenvalue weighted by atomic mass is 16.6. The van der Waals surface area contributed by atoms with E-state index in [0.29, 0.717) is 6.61 Å². The van der Waals surface area contributed by atoms with Crippen LogP contribution in [0.5, 0.6) is 11.5 Å². The van der Waals surface area contributed by atoms with Gasteiger partial charge < -0.3 is 14.6 Å². The van der Waals surface area contributed by atoms with E-state index in [1.54, 1.807) is 0 Å². The lowest BCUT2D eigenvalue weighted by molar-refractivity contribution is -0.0298. The first-order chi connectivity index (χ1) is 7.81. The smallest absolute Gasteiger partial charge is 0.161 e. The molecule has 16 heavy (non-hydrogen) atoms. The molecule has 4 heteroatoms. The summed E-state index contributed by atoms with van der Waals surface area (Å²) < 4.78 is 11.4. The van der Waals surface area contributed by atoms with Crippen LogP contribution in [0.1, 0.15) is 0 Å². The third-order valence-corrected chi connectivity index (χ3v) is 2.97. The molecule has 2 aliphatic heterocycles. The number of ether oxygens (including phenoxy) is 2. The van der Waals surface area contributed by atoms with Crippen LogP contribution in [0, 0.1) is 0 Å². The van der Waals surface area contributed by atoms with Crippen LogP contribution in [0.15, 0.2) is 24.3 Å². The summed E-state index contributed by atoms with van der Waals surface area (Å²) in [6.07, 6.45) is -0.0841. The Morgan fingerprint density at radius 1 is 1.25 bits per heavy atom. The van der Waals surface area contributed by atoms with Gasteiger partial charge in [-0.2, -0.15) is 0 Å². The monoisotopic (exact) mass is 221 g/mol. The Labute approximate surface area is 94.4 Å². The molecule has 1 aromatic rings. The quantitative estimate of drug-likeness (QED) is 0.789. The van der Waals surface area contributed by atoms with Crippen molar-refractivity contribution >= 4 is 0 Å². The van der Waals surface area contributed by atoms with E-state index in [2.05, 4.69) is 4.90 Å². The van der Waals surface area contributed by atoms with Crippen molar-refractivity contribution in [2.75, 3.05) is 26.2 Å². The Bertz CT molecular complexity index is 376. The van der Waals surface area contributed by atoms with Gasteiger partial charge in [0.05, 0.1) is 6.10 Å². The van der Waals surface area contributed by atoms with Crippen molar-refractivity contribution in [3.63, 3.8) is 0 Å². The van der Waals surface area contributed by atoms with Gasteiger partial charge in [0.25, 0.3) is 0 Å². The van der Waals surface area contributed by atoms with E-state index in [0.717, 1.165) is 31.1 Å². The highest BCUT2D eigenvalue weighted by Crippen LogP contribution is 2.31. The zero-order valence-corrected chi connectivity index (χ0v) is 9.00. The predicted octanol–water partition coefficient (Wildman–Crippen LogP) is 0.503. The van der Waals surface area contributed by atoms with Crippen molar-refractivity contribution in [1.29, 1.82) is 0 Å². The van der Waals surface area contributed by atoms with Gasteiger partial charge in [-0.05, 0) is 12.1 Å². The first-order valence-corrected chi connectivity index (χ1v) is 5.60. The number of fused-ring (bicyclic) bond motifs is 1. The molecule has 4 nitrogen and oxygen atoms in total. The van der Waals surface area contributed by atoms with Crippen LogP contribution in [0.3, 0.4) is 0 Å². The highest BCUT2D eigenvalue weighted by molar-refractivity contribution is 5.40. The molecule has 2 heterocycles. The average Bonchev–Trinajstić information content (AvgIpc) is 2.27. The number of likely N-dealkylation sites (tertiary alicyclic amines) is 1. The second-order valence-corrected chi connectivity index (χ2v) is 4.37. The molecule has 3 rings (SSSR count). The van der Waals surface area contributed by atoms with Crippen molar-refractivity contribution in [1.82, 2.24) is 4.90 Å². The summed E-state index contributed by atoms with van der Waals surface area (Å²) in [7, 11) is 0. The lowest BCUT2D eigenvalue weighted by Gasteiger charge is -2.39. The molecule has 0 radical (unpaired) electrons. The molecule has 1 fully saturated rings. The summed E-state index contributed by atoms with van der Waals surface area (Å²) in [6, 6.07) is 7.72. The number of benzene rings is 1. The molecule has 0 aliphatic carbocycles. The van der Waals surface area contributed by atoms with Gasteiger partial charge in [0.1, 0.15) is 12.7 Å². The molecular weight excluding hydrogens is 206 g/mol. The van der Waals surface area contributed by atoms with Crippen molar-refractivity contribution < 1.29 is 14.6 Å². The number of aliphatic hydroxyl groups excluding tert-OH is 1. The number of para-hydroxylation sites is 2. The van der Waals surface area contributed by atoms with Crippen LogP contribution in [0.2, 0.25) is 0 Å². The third kappa shape index (κ3) is 1.86. The lowest BCUT2D eigenvalue weighted by atomic mass is 10.1. The number of hydrogen-bond acceptors (Lipinski definition) is 4. The van der Waals surface area contributed by atoms with Crippen LogP contribution in [-0.4, -0.2) is 48.5 Å². The second kappa shape index (κ2) is 3.96. The standard InChI is InChI=1S/C12H15NO3/c14-9-5-13(6-9)7-10-8-15-11-3-1-2-4-12(11)16-10/h1-4,9-10,14H,5-8H2. The SMILES string of the molecule is OC1CN(CC2COc3ccccc3O2)C1. The van der Waals surface area contributed by atoms with E-state index < -0.39 is 0 Å². The maximum atomic E-state index is 9.19. The molecule has 0 aromatic heterocycles. The molecule has 0 bridgehead atoms. The summed E-state index contributed by atoms with van der Waals surface area (Å²) in [5.74, 6) is 1.64. The summed E-state index contributed by atoms with van der Waals surface area (Å²) >= 11 is 0. The fraction of sp³-hybridized carbons (Fsp3) is 0.500. The minimum Gasteiger partial charge on any atom is -0.486 e. The fourth-order valence-electron chi connectivity index (χ4n) is 2.13. The lowest BCUT2D eigenvalue weighted by Crippen LogP contribution is -2.55. The van der Waals surface area contributed by atoms with Crippen molar-refractivity contribution in [2.24, 2.45) is 0 Å². The van der Waals surface area contributed by atoms with Gasteiger partial charge in [-0.3, -0.25) is 4.90 Å². The molecular formula is C12H15NO3. The van der Waals surface area contributed by atoms with Gasteiger partial charge in [0.2, 0.25) is 0 Å². The fourth-order valence-corrected chi connectivity index (χ4v) is 2.13. The van der Waals surface area contributed by atoms with Crippen molar-refractivity contribution in [3.05, 3.63) is 24.3 Å². The first kappa shape index (κ1) is 9.93. The second-order valence-electron chi connectivity index (χ2n) is 4.37. The van der Waals surface area contributed by atoms with Crippen LogP contribution in [0.25, 0.3) is 0 Å². The Morgan fingerprint density at radius 2 is 2.00 bits per heavy atom. The molecule has 2 aliphatic rings. The van der Waals surface area contributed by atoms with Gasteiger partial charge in [-0.1, -0.05) is 12.1 Å². The summed E-state index contributed by atoms with van der Waals surface area (Å²) in [5, 5.41) is 9.19. The van der Waals surface area contributed by atoms with Gasteiger partial charge in [-0.25, -0.2) is 0 Å². The first-order valence-electron chi connectivity index (χ1n) is 5.60. The van der Waals surface area contributed by atoms with Gasteiger partial charge in [-0.15, -0.1) is 0 Å². The molecule has 0 saturated carbocycles. The van der Waals surface area contributed by atoms with E-state index in [-0.39, 0.29) is 12.2 Å². The van der Waals surface area contributed by atoms with Gasteiger partial charge in [0, 0.05) is 19.6 Å². The van der Waals surface area contributed by atoms with Crippen LogP contribution >= 0.6 is 0 Å². The Kier molecular flexibility index (Phi) is 2.46. The van der Waals surface area contributed by atoms with Crippen LogP contribution < -0.4 is 9.47 Å². The van der Waals surface area contributed by atoms with Gasteiger partial charge >= 0.3 is 0 Å². The number of hydrogen-bond donors (Lipinski definition) is 1. The average molecular weight is 221 g/mol. The maximum Gasteiger partial charge on any atom is 0.161 e. The highest BCUT2D eigenvalue weighted by Gasteiger charge is 2.29. The van der Waals surface area contributed by atoms with E-state index >= 15 is 0 Å². The summed E-state index contributed by atoms with van der Waals surface area (Å²) in [6.45, 7) is 2.91. The number of aliphatic hydroxyl groups is 1. The predicted molar refractivity (Wildman–Crippen MR) is 58.8 cm³/mol. The molecule has 0 spiro atoms. The number of β-amino-alcohol motifs (C(OH)–C–C–N with tert-alkyl or cyclic N) is 1. The Hall–Kier alpha value is -1.26.